The van der Waals surface area contributed by atoms with Gasteiger partial charge in [0.2, 0.25) is 0 Å². The van der Waals surface area contributed by atoms with Crippen molar-refractivity contribution in [2.24, 2.45) is 0 Å². The van der Waals surface area contributed by atoms with E-state index in [0.717, 1.165) is 0 Å². The van der Waals surface area contributed by atoms with Gasteiger partial charge >= 0.3 is 18.3 Å². The zero-order valence-corrected chi connectivity index (χ0v) is 9.41. The summed E-state index contributed by atoms with van der Waals surface area (Å²) in [6.45, 7) is 0. The number of halogens is 4. The zero-order valence-electron chi connectivity index (χ0n) is 9.41. The quantitative estimate of drug-likeness (QED) is 0.872. The first-order valence-electron chi connectivity index (χ1n) is 5.23. The lowest BCUT2D eigenvalue weighted by Gasteiger charge is -2.14. The third kappa shape index (κ3) is 2.64. The molecule has 1 N–H and O–H groups in total. The van der Waals surface area contributed by atoms with Gasteiger partial charge in [-0.05, 0) is 24.3 Å². The highest BCUT2D eigenvalue weighted by Gasteiger charge is 2.48. The number of amides is 1. The summed E-state index contributed by atoms with van der Waals surface area (Å²) in [6.07, 6.45) is -2.50. The lowest BCUT2D eigenvalue weighted by atomic mass is 10.2. The standard InChI is InChI=1S/C12H8F4N2O/c13-10(14)12(15,16)11(19)18-8-3-4-9-7(6-8)2-1-5-17-9/h1-6,10H,(H,18,19). The molecule has 2 rings (SSSR count). The monoisotopic (exact) mass is 272 g/mol. The number of benzene rings is 1. The van der Waals surface area contributed by atoms with E-state index in [0.29, 0.717) is 10.9 Å². The van der Waals surface area contributed by atoms with Crippen LogP contribution in [0.5, 0.6) is 0 Å². The molecule has 1 aromatic heterocycles. The van der Waals surface area contributed by atoms with E-state index in [-0.39, 0.29) is 5.69 Å². The van der Waals surface area contributed by atoms with E-state index in [9.17, 15) is 22.4 Å². The molecule has 7 heteroatoms. The summed E-state index contributed by atoms with van der Waals surface area (Å²) in [4.78, 5) is 15.1. The first kappa shape index (κ1) is 13.3. The Kier molecular flexibility index (Phi) is 3.37. The van der Waals surface area contributed by atoms with Crippen molar-refractivity contribution < 1.29 is 22.4 Å². The summed E-state index contributed by atoms with van der Waals surface area (Å²) in [5.41, 5.74) is 0.604. The number of carbonyl (C=O) groups excluding carboxylic acids is 1. The van der Waals surface area contributed by atoms with Gasteiger partial charge in [-0.3, -0.25) is 9.78 Å². The molecule has 3 nitrogen and oxygen atoms in total. The first-order valence-corrected chi connectivity index (χ1v) is 5.23. The Balaban J connectivity index is 2.24. The van der Waals surface area contributed by atoms with E-state index in [1.807, 2.05) is 0 Å². The highest BCUT2D eigenvalue weighted by atomic mass is 19.3. The third-order valence-corrected chi connectivity index (χ3v) is 2.44. The van der Waals surface area contributed by atoms with Gasteiger partial charge in [0.15, 0.2) is 0 Å². The van der Waals surface area contributed by atoms with Crippen LogP contribution in [0.25, 0.3) is 10.9 Å². The number of hydrogen-bond acceptors (Lipinski definition) is 2. The van der Waals surface area contributed by atoms with Crippen molar-refractivity contribution in [3.05, 3.63) is 36.5 Å². The number of nitrogens with zero attached hydrogens (tertiary/aromatic N) is 1. The van der Waals surface area contributed by atoms with Gasteiger partial charge in [0.25, 0.3) is 0 Å². The molecule has 1 aromatic carbocycles. The van der Waals surface area contributed by atoms with Crippen molar-refractivity contribution in [1.82, 2.24) is 4.98 Å². The van der Waals surface area contributed by atoms with Crippen molar-refractivity contribution in [1.29, 1.82) is 0 Å². The van der Waals surface area contributed by atoms with Gasteiger partial charge in [0, 0.05) is 17.3 Å². The summed E-state index contributed by atoms with van der Waals surface area (Å²) in [5, 5.41) is 2.36. The molecule has 0 spiro atoms. The van der Waals surface area contributed by atoms with E-state index in [1.165, 1.54) is 18.2 Å². The minimum atomic E-state index is -4.72. The van der Waals surface area contributed by atoms with E-state index < -0.39 is 18.3 Å². The smallest absolute Gasteiger partial charge is 0.321 e. The molecule has 2 aromatic rings. The van der Waals surface area contributed by atoms with Gasteiger partial charge in [-0.25, -0.2) is 8.78 Å². The molecule has 0 aliphatic heterocycles. The number of pyridine rings is 1. The molecule has 1 amide bonds. The predicted octanol–water partition coefficient (Wildman–Crippen LogP) is 3.07. The number of alkyl halides is 4. The van der Waals surface area contributed by atoms with Crippen molar-refractivity contribution in [3.63, 3.8) is 0 Å². The van der Waals surface area contributed by atoms with E-state index in [4.69, 9.17) is 0 Å². The molecule has 0 aliphatic carbocycles. The van der Waals surface area contributed by atoms with E-state index in [2.05, 4.69) is 4.98 Å². The number of hydrogen-bond donors (Lipinski definition) is 1. The Morgan fingerprint density at radius 2 is 2.00 bits per heavy atom. The van der Waals surface area contributed by atoms with E-state index >= 15 is 0 Å². The topological polar surface area (TPSA) is 42.0 Å². The minimum Gasteiger partial charge on any atom is -0.321 e. The number of aromatic nitrogens is 1. The third-order valence-electron chi connectivity index (χ3n) is 2.44. The van der Waals surface area contributed by atoms with Gasteiger partial charge in [-0.2, -0.15) is 8.78 Å². The molecule has 0 atom stereocenters. The van der Waals surface area contributed by atoms with Crippen LogP contribution in [0.2, 0.25) is 0 Å². The SMILES string of the molecule is O=C(Nc1ccc2ncccc2c1)C(F)(F)C(F)F. The summed E-state index contributed by atoms with van der Waals surface area (Å²) >= 11 is 0. The Hall–Kier alpha value is -2.18. The van der Waals surface area contributed by atoms with Gasteiger partial charge < -0.3 is 5.32 Å². The fourth-order valence-electron chi connectivity index (χ4n) is 1.47. The molecule has 0 bridgehead atoms. The molecule has 19 heavy (non-hydrogen) atoms. The molecule has 0 radical (unpaired) electrons. The summed E-state index contributed by atoms with van der Waals surface area (Å²) < 4.78 is 49.5. The Labute approximate surface area is 105 Å². The second-order valence-corrected chi connectivity index (χ2v) is 3.79. The molecular weight excluding hydrogens is 264 g/mol. The largest absolute Gasteiger partial charge is 0.383 e. The van der Waals surface area contributed by atoms with Crippen LogP contribution in [0.15, 0.2) is 36.5 Å². The van der Waals surface area contributed by atoms with Crippen LogP contribution in [0.1, 0.15) is 0 Å². The second-order valence-electron chi connectivity index (χ2n) is 3.79. The molecule has 0 fully saturated rings. The summed E-state index contributed by atoms with van der Waals surface area (Å²) in [6, 6.07) is 7.47. The molecule has 0 saturated heterocycles. The summed E-state index contributed by atoms with van der Waals surface area (Å²) in [5.74, 6) is -6.75. The average molecular weight is 272 g/mol. The highest BCUT2D eigenvalue weighted by Crippen LogP contribution is 2.25. The fraction of sp³-hybridized carbons (Fsp3) is 0.167. The number of fused-ring (bicyclic) bond motifs is 1. The van der Waals surface area contributed by atoms with Crippen LogP contribution in [-0.4, -0.2) is 23.2 Å². The fourth-order valence-corrected chi connectivity index (χ4v) is 1.47. The van der Waals surface area contributed by atoms with Crippen molar-refractivity contribution in [2.45, 2.75) is 12.3 Å². The Bertz CT molecular complexity index is 615. The maximum absolute atomic E-state index is 12.8. The number of carbonyl (C=O) groups is 1. The van der Waals surface area contributed by atoms with Crippen LogP contribution in [0.4, 0.5) is 23.2 Å². The minimum absolute atomic E-state index is 0.00539. The zero-order chi connectivity index (χ0) is 14.0. The molecule has 100 valence electrons. The van der Waals surface area contributed by atoms with Crippen LogP contribution in [0.3, 0.4) is 0 Å². The maximum Gasteiger partial charge on any atom is 0.383 e. The van der Waals surface area contributed by atoms with Crippen LogP contribution < -0.4 is 5.32 Å². The first-order chi connectivity index (χ1) is 8.91. The number of anilines is 1. The van der Waals surface area contributed by atoms with Crippen molar-refractivity contribution in [2.75, 3.05) is 5.32 Å². The molecule has 0 unspecified atom stereocenters. The van der Waals surface area contributed by atoms with Gasteiger partial charge in [-0.1, -0.05) is 6.07 Å². The average Bonchev–Trinajstić information content (AvgIpc) is 2.38. The van der Waals surface area contributed by atoms with Crippen LogP contribution in [-0.2, 0) is 4.79 Å². The van der Waals surface area contributed by atoms with Gasteiger partial charge in [0.05, 0.1) is 5.52 Å². The summed E-state index contributed by atoms with van der Waals surface area (Å²) in [7, 11) is 0. The lowest BCUT2D eigenvalue weighted by molar-refractivity contribution is -0.163. The number of rotatable bonds is 3. The van der Waals surface area contributed by atoms with Crippen molar-refractivity contribution in [3.8, 4) is 0 Å². The van der Waals surface area contributed by atoms with Gasteiger partial charge in [0.1, 0.15) is 0 Å². The van der Waals surface area contributed by atoms with Crippen LogP contribution in [0, 0.1) is 0 Å². The molecule has 1 heterocycles. The molecule has 0 aliphatic rings. The Morgan fingerprint density at radius 3 is 2.68 bits per heavy atom. The van der Waals surface area contributed by atoms with Gasteiger partial charge in [-0.15, -0.1) is 0 Å². The maximum atomic E-state index is 12.8. The predicted molar refractivity (Wildman–Crippen MR) is 61.3 cm³/mol. The van der Waals surface area contributed by atoms with Crippen molar-refractivity contribution >= 4 is 22.5 Å². The van der Waals surface area contributed by atoms with E-state index in [1.54, 1.807) is 23.6 Å². The molecule has 0 saturated carbocycles. The second kappa shape index (κ2) is 4.83. The van der Waals surface area contributed by atoms with Crippen LogP contribution >= 0.6 is 0 Å². The number of nitrogens with one attached hydrogen (secondary N) is 1. The lowest BCUT2D eigenvalue weighted by Crippen LogP contribution is -2.40. The highest BCUT2D eigenvalue weighted by molar-refractivity contribution is 5.98. The molecular formula is C12H8F4N2O. The normalized spacial score (nSPS) is 11.8. The Morgan fingerprint density at radius 1 is 1.26 bits per heavy atom.